The lowest BCUT2D eigenvalue weighted by molar-refractivity contribution is 0.627. The second-order valence-electron chi connectivity index (χ2n) is 4.13. The van der Waals surface area contributed by atoms with Gasteiger partial charge in [0, 0.05) is 16.8 Å². The van der Waals surface area contributed by atoms with Crippen LogP contribution in [-0.2, 0) is 0 Å². The Labute approximate surface area is 115 Å². The van der Waals surface area contributed by atoms with Crippen molar-refractivity contribution in [1.29, 1.82) is 0 Å². The first-order valence-corrected chi connectivity index (χ1v) is 6.18. The summed E-state index contributed by atoms with van der Waals surface area (Å²) < 4.78 is 14.6. The Hall–Kier alpha value is -2.13. The zero-order chi connectivity index (χ0) is 13.2. The fraction of sp³-hybridized carbons (Fsp3) is 0. The summed E-state index contributed by atoms with van der Waals surface area (Å²) in [4.78, 5) is 0. The van der Waals surface area contributed by atoms with Crippen LogP contribution in [0.1, 0.15) is 0 Å². The normalized spacial score (nSPS) is 10.6. The van der Waals surface area contributed by atoms with Crippen molar-refractivity contribution in [2.75, 3.05) is 0 Å². The van der Waals surface area contributed by atoms with Crippen molar-refractivity contribution >= 4 is 11.6 Å². The Bertz CT molecular complexity index is 627. The highest BCUT2D eigenvalue weighted by atomic mass is 35.5. The van der Waals surface area contributed by atoms with Crippen LogP contribution in [-0.4, -0.2) is 9.78 Å². The lowest BCUT2D eigenvalue weighted by Gasteiger charge is -2.01. The first kappa shape index (κ1) is 11.9. The van der Waals surface area contributed by atoms with Crippen LogP contribution in [0.2, 0.25) is 5.02 Å². The molecule has 2 nitrogen and oxygen atoms in total. The van der Waals surface area contributed by atoms with Gasteiger partial charge in [-0.25, -0.2) is 9.07 Å². The molecule has 0 spiro atoms. The summed E-state index contributed by atoms with van der Waals surface area (Å²) in [5.74, 6) is -0.256. The molecule has 0 saturated heterocycles. The lowest BCUT2D eigenvalue weighted by Crippen LogP contribution is -1.94. The van der Waals surface area contributed by atoms with Crippen molar-refractivity contribution in [3.05, 3.63) is 71.6 Å². The maximum absolute atomic E-state index is 12.9. The summed E-state index contributed by atoms with van der Waals surface area (Å²) >= 11 is 5.85. The Morgan fingerprint density at radius 2 is 1.58 bits per heavy atom. The summed E-state index contributed by atoms with van der Waals surface area (Å²) in [5.41, 5.74) is 2.66. The third-order valence-corrected chi connectivity index (χ3v) is 3.07. The Kier molecular flexibility index (Phi) is 3.05. The van der Waals surface area contributed by atoms with Crippen molar-refractivity contribution in [2.24, 2.45) is 0 Å². The van der Waals surface area contributed by atoms with Crippen LogP contribution in [0.15, 0.2) is 60.8 Å². The SMILES string of the molecule is Fc1ccc(-n2ccc(-c3ccc(Cl)cc3)n2)cc1. The zero-order valence-electron chi connectivity index (χ0n) is 9.92. The molecule has 94 valence electrons. The molecule has 0 bridgehead atoms. The first-order valence-electron chi connectivity index (χ1n) is 5.80. The molecule has 0 aliphatic rings. The van der Waals surface area contributed by atoms with E-state index in [9.17, 15) is 4.39 Å². The van der Waals surface area contributed by atoms with E-state index >= 15 is 0 Å². The third-order valence-electron chi connectivity index (χ3n) is 2.82. The standard InChI is InChI=1S/C15H10ClFN2/c16-12-3-1-11(2-4-12)15-9-10-19(18-15)14-7-5-13(17)6-8-14/h1-10H. The van der Waals surface area contributed by atoms with Crippen LogP contribution < -0.4 is 0 Å². The van der Waals surface area contributed by atoms with Crippen LogP contribution in [0, 0.1) is 5.82 Å². The highest BCUT2D eigenvalue weighted by molar-refractivity contribution is 6.30. The number of benzene rings is 2. The summed E-state index contributed by atoms with van der Waals surface area (Å²) in [7, 11) is 0. The van der Waals surface area contributed by atoms with Gasteiger partial charge in [0.2, 0.25) is 0 Å². The monoisotopic (exact) mass is 272 g/mol. The van der Waals surface area contributed by atoms with Gasteiger partial charge in [-0.3, -0.25) is 0 Å². The molecule has 1 heterocycles. The average molecular weight is 273 g/mol. The molecule has 4 heteroatoms. The zero-order valence-corrected chi connectivity index (χ0v) is 10.7. The second-order valence-corrected chi connectivity index (χ2v) is 4.57. The number of nitrogens with zero attached hydrogens (tertiary/aromatic N) is 2. The van der Waals surface area contributed by atoms with E-state index in [0.717, 1.165) is 16.9 Å². The predicted octanol–water partition coefficient (Wildman–Crippen LogP) is 4.33. The summed E-state index contributed by atoms with van der Waals surface area (Å²) in [5, 5.41) is 5.16. The molecule has 2 aromatic carbocycles. The smallest absolute Gasteiger partial charge is 0.123 e. The molecule has 0 N–H and O–H groups in total. The first-order chi connectivity index (χ1) is 9.22. The van der Waals surface area contributed by atoms with Crippen molar-refractivity contribution in [3.63, 3.8) is 0 Å². The molecular formula is C15H10ClFN2. The summed E-state index contributed by atoms with van der Waals surface area (Å²) in [6.07, 6.45) is 1.84. The average Bonchev–Trinajstić information content (AvgIpc) is 2.90. The van der Waals surface area contributed by atoms with E-state index in [1.807, 2.05) is 36.5 Å². The lowest BCUT2D eigenvalue weighted by atomic mass is 10.2. The van der Waals surface area contributed by atoms with E-state index in [0.29, 0.717) is 5.02 Å². The maximum atomic E-state index is 12.9. The van der Waals surface area contributed by atoms with Gasteiger partial charge in [-0.2, -0.15) is 5.10 Å². The largest absolute Gasteiger partial charge is 0.240 e. The van der Waals surface area contributed by atoms with Crippen LogP contribution in [0.25, 0.3) is 16.9 Å². The quantitative estimate of drug-likeness (QED) is 0.679. The molecule has 0 unspecified atom stereocenters. The summed E-state index contributed by atoms with van der Waals surface area (Å²) in [6, 6.07) is 15.6. The Morgan fingerprint density at radius 1 is 0.895 bits per heavy atom. The molecule has 0 radical (unpaired) electrons. The van der Waals surface area contributed by atoms with Gasteiger partial charge in [0.1, 0.15) is 5.82 Å². The molecule has 0 saturated carbocycles. The van der Waals surface area contributed by atoms with Crippen LogP contribution in [0.3, 0.4) is 0 Å². The minimum atomic E-state index is -0.256. The fourth-order valence-electron chi connectivity index (χ4n) is 1.84. The van der Waals surface area contributed by atoms with Crippen molar-refractivity contribution in [2.45, 2.75) is 0 Å². The van der Waals surface area contributed by atoms with Gasteiger partial charge in [-0.05, 0) is 42.5 Å². The highest BCUT2D eigenvalue weighted by Gasteiger charge is 2.04. The van der Waals surface area contributed by atoms with Gasteiger partial charge in [0.25, 0.3) is 0 Å². The number of aromatic nitrogens is 2. The van der Waals surface area contributed by atoms with Gasteiger partial charge in [0.15, 0.2) is 0 Å². The van der Waals surface area contributed by atoms with E-state index in [2.05, 4.69) is 5.10 Å². The molecule has 0 amide bonds. The van der Waals surface area contributed by atoms with E-state index in [1.54, 1.807) is 16.8 Å². The molecule has 1 aromatic heterocycles. The number of rotatable bonds is 2. The van der Waals surface area contributed by atoms with Gasteiger partial charge in [0.05, 0.1) is 11.4 Å². The van der Waals surface area contributed by atoms with E-state index < -0.39 is 0 Å². The van der Waals surface area contributed by atoms with Crippen molar-refractivity contribution < 1.29 is 4.39 Å². The maximum Gasteiger partial charge on any atom is 0.123 e. The van der Waals surface area contributed by atoms with E-state index in [4.69, 9.17) is 11.6 Å². The molecular weight excluding hydrogens is 263 g/mol. The van der Waals surface area contributed by atoms with Gasteiger partial charge >= 0.3 is 0 Å². The molecule has 3 aromatic rings. The van der Waals surface area contributed by atoms with Gasteiger partial charge in [-0.15, -0.1) is 0 Å². The van der Waals surface area contributed by atoms with Crippen LogP contribution in [0.4, 0.5) is 4.39 Å². The molecule has 3 rings (SSSR count). The predicted molar refractivity (Wildman–Crippen MR) is 74.0 cm³/mol. The van der Waals surface area contributed by atoms with Crippen molar-refractivity contribution in [1.82, 2.24) is 9.78 Å². The van der Waals surface area contributed by atoms with Gasteiger partial charge < -0.3 is 0 Å². The Balaban J connectivity index is 1.95. The highest BCUT2D eigenvalue weighted by Crippen LogP contribution is 2.20. The minimum absolute atomic E-state index is 0.256. The van der Waals surface area contributed by atoms with Crippen LogP contribution in [0.5, 0.6) is 0 Å². The van der Waals surface area contributed by atoms with E-state index in [-0.39, 0.29) is 5.82 Å². The topological polar surface area (TPSA) is 17.8 Å². The fourth-order valence-corrected chi connectivity index (χ4v) is 1.96. The molecule has 0 fully saturated rings. The number of halogens is 2. The number of hydrogen-bond donors (Lipinski definition) is 0. The second kappa shape index (κ2) is 4.86. The van der Waals surface area contributed by atoms with Gasteiger partial charge in [-0.1, -0.05) is 23.7 Å². The Morgan fingerprint density at radius 3 is 2.26 bits per heavy atom. The van der Waals surface area contributed by atoms with E-state index in [1.165, 1.54) is 12.1 Å². The number of hydrogen-bond acceptors (Lipinski definition) is 1. The third kappa shape index (κ3) is 2.51. The van der Waals surface area contributed by atoms with Crippen LogP contribution >= 0.6 is 11.6 Å². The molecule has 0 aliphatic carbocycles. The molecule has 0 aliphatic heterocycles. The van der Waals surface area contributed by atoms with Crippen molar-refractivity contribution in [3.8, 4) is 16.9 Å². The molecule has 19 heavy (non-hydrogen) atoms. The summed E-state index contributed by atoms with van der Waals surface area (Å²) in [6.45, 7) is 0. The molecule has 0 atom stereocenters. The minimum Gasteiger partial charge on any atom is -0.240 e.